The molecule has 0 radical (unpaired) electrons. The van der Waals surface area contributed by atoms with Gasteiger partial charge < -0.3 is 10.2 Å². The molecule has 6 heteroatoms. The van der Waals surface area contributed by atoms with Crippen LogP contribution < -0.4 is 5.32 Å². The first kappa shape index (κ1) is 19.0. The van der Waals surface area contributed by atoms with E-state index < -0.39 is 0 Å². The molecule has 1 N–H and O–H groups in total. The van der Waals surface area contributed by atoms with Gasteiger partial charge in [-0.3, -0.25) is 9.78 Å². The fraction of sp³-hybridized carbons (Fsp3) is 0.400. The van der Waals surface area contributed by atoms with E-state index in [-0.39, 0.29) is 5.91 Å². The number of carbonyl (C=O) groups is 1. The Labute approximate surface area is 164 Å². The second-order valence-corrected chi connectivity index (χ2v) is 7.39. The van der Waals surface area contributed by atoms with Gasteiger partial charge in [0.2, 0.25) is 0 Å². The van der Waals surface area contributed by atoms with Crippen LogP contribution in [0, 0.1) is 0 Å². The Morgan fingerprint density at radius 3 is 2.58 bits per heavy atom. The number of aromatic nitrogens is 1. The van der Waals surface area contributed by atoms with Crippen molar-refractivity contribution < 1.29 is 4.79 Å². The molecule has 0 saturated carbocycles. The van der Waals surface area contributed by atoms with E-state index >= 15 is 0 Å². The summed E-state index contributed by atoms with van der Waals surface area (Å²) in [6.45, 7) is 2.36. The van der Waals surface area contributed by atoms with E-state index in [0.29, 0.717) is 22.3 Å². The zero-order valence-corrected chi connectivity index (χ0v) is 16.2. The summed E-state index contributed by atoms with van der Waals surface area (Å²) in [5.41, 5.74) is 2.43. The maximum atomic E-state index is 12.7. The summed E-state index contributed by atoms with van der Waals surface area (Å²) in [7, 11) is 0. The smallest absolute Gasteiger partial charge is 0.272 e. The van der Waals surface area contributed by atoms with Crippen molar-refractivity contribution in [1.29, 1.82) is 0 Å². The number of likely N-dealkylation sites (tertiary alicyclic amines) is 1. The Bertz CT molecular complexity index is 758. The first-order chi connectivity index (χ1) is 12.6. The van der Waals surface area contributed by atoms with Crippen LogP contribution in [0.2, 0.25) is 10.0 Å². The summed E-state index contributed by atoms with van der Waals surface area (Å²) in [6.07, 6.45) is 7.01. The lowest BCUT2D eigenvalue weighted by Gasteiger charge is -2.20. The van der Waals surface area contributed by atoms with Crippen molar-refractivity contribution in [3.8, 4) is 0 Å². The molecule has 0 unspecified atom stereocenters. The quantitative estimate of drug-likeness (QED) is 0.774. The number of nitrogens with one attached hydrogen (secondary N) is 1. The van der Waals surface area contributed by atoms with Gasteiger partial charge in [0, 0.05) is 41.6 Å². The Kier molecular flexibility index (Phi) is 6.75. The third-order valence-electron chi connectivity index (χ3n) is 4.61. The zero-order chi connectivity index (χ0) is 18.4. The SMILES string of the molecule is O=C(c1cc(NCCc2ccc(Cl)cc2Cl)ccn1)N1CCCCCC1. The Balaban J connectivity index is 1.59. The van der Waals surface area contributed by atoms with E-state index in [1.54, 1.807) is 12.3 Å². The zero-order valence-electron chi connectivity index (χ0n) is 14.7. The van der Waals surface area contributed by atoms with E-state index in [1.807, 2.05) is 29.2 Å². The molecule has 1 aliphatic rings. The topological polar surface area (TPSA) is 45.2 Å². The number of rotatable bonds is 5. The van der Waals surface area contributed by atoms with Gasteiger partial charge in [0.25, 0.3) is 5.91 Å². The number of anilines is 1. The largest absolute Gasteiger partial charge is 0.385 e. The molecule has 1 fully saturated rings. The average molecular weight is 392 g/mol. The molecule has 1 aromatic carbocycles. The molecule has 1 aromatic heterocycles. The molecule has 1 aliphatic heterocycles. The molecule has 0 atom stereocenters. The predicted molar refractivity (Wildman–Crippen MR) is 107 cm³/mol. The van der Waals surface area contributed by atoms with Gasteiger partial charge >= 0.3 is 0 Å². The summed E-state index contributed by atoms with van der Waals surface area (Å²) in [6, 6.07) is 9.24. The van der Waals surface area contributed by atoms with Crippen molar-refractivity contribution in [2.45, 2.75) is 32.1 Å². The van der Waals surface area contributed by atoms with E-state index in [2.05, 4.69) is 10.3 Å². The van der Waals surface area contributed by atoms with E-state index in [1.165, 1.54) is 12.8 Å². The van der Waals surface area contributed by atoms with Gasteiger partial charge in [-0.05, 0) is 49.1 Å². The van der Waals surface area contributed by atoms with Crippen molar-refractivity contribution in [3.63, 3.8) is 0 Å². The van der Waals surface area contributed by atoms with Gasteiger partial charge in [0.1, 0.15) is 5.69 Å². The molecule has 1 amide bonds. The van der Waals surface area contributed by atoms with Gasteiger partial charge in [0.05, 0.1) is 0 Å². The van der Waals surface area contributed by atoms with Crippen LogP contribution in [0.4, 0.5) is 5.69 Å². The predicted octanol–water partition coefficient (Wildman–Crippen LogP) is 5.06. The van der Waals surface area contributed by atoms with Gasteiger partial charge in [-0.1, -0.05) is 42.1 Å². The molecule has 0 spiro atoms. The highest BCUT2D eigenvalue weighted by atomic mass is 35.5. The average Bonchev–Trinajstić information content (AvgIpc) is 2.93. The highest BCUT2D eigenvalue weighted by molar-refractivity contribution is 6.35. The fourth-order valence-corrected chi connectivity index (χ4v) is 3.66. The van der Waals surface area contributed by atoms with Crippen LogP contribution in [-0.4, -0.2) is 35.4 Å². The normalized spacial score (nSPS) is 14.8. The molecule has 0 aliphatic carbocycles. The molecule has 1 saturated heterocycles. The molecule has 2 heterocycles. The summed E-state index contributed by atoms with van der Waals surface area (Å²) in [5.74, 6) is 0.0243. The highest BCUT2D eigenvalue weighted by Crippen LogP contribution is 2.21. The second kappa shape index (κ2) is 9.24. The molecular weight excluding hydrogens is 369 g/mol. The Morgan fingerprint density at radius 2 is 1.85 bits per heavy atom. The van der Waals surface area contributed by atoms with Crippen LogP contribution in [0.1, 0.15) is 41.7 Å². The summed E-state index contributed by atoms with van der Waals surface area (Å²) >= 11 is 12.1. The number of hydrogen-bond acceptors (Lipinski definition) is 3. The van der Waals surface area contributed by atoms with Crippen LogP contribution >= 0.6 is 23.2 Å². The van der Waals surface area contributed by atoms with Crippen LogP contribution in [-0.2, 0) is 6.42 Å². The van der Waals surface area contributed by atoms with E-state index in [0.717, 1.165) is 43.6 Å². The third kappa shape index (κ3) is 5.12. The maximum absolute atomic E-state index is 12.7. The molecule has 2 aromatic rings. The van der Waals surface area contributed by atoms with Crippen LogP contribution in [0.5, 0.6) is 0 Å². The number of hydrogen-bond donors (Lipinski definition) is 1. The molecule has 26 heavy (non-hydrogen) atoms. The molecule has 138 valence electrons. The molecule has 0 bridgehead atoms. The summed E-state index contributed by atoms with van der Waals surface area (Å²) in [4.78, 5) is 18.9. The summed E-state index contributed by atoms with van der Waals surface area (Å²) in [5, 5.41) is 4.65. The number of pyridine rings is 1. The van der Waals surface area contributed by atoms with Gasteiger partial charge in [-0.25, -0.2) is 0 Å². The second-order valence-electron chi connectivity index (χ2n) is 6.55. The van der Waals surface area contributed by atoms with Crippen molar-refractivity contribution in [2.24, 2.45) is 0 Å². The van der Waals surface area contributed by atoms with Gasteiger partial charge in [-0.2, -0.15) is 0 Å². The fourth-order valence-electron chi connectivity index (χ4n) is 3.16. The molecular formula is C20H23Cl2N3O. The van der Waals surface area contributed by atoms with Crippen LogP contribution in [0.3, 0.4) is 0 Å². The van der Waals surface area contributed by atoms with Crippen molar-refractivity contribution in [1.82, 2.24) is 9.88 Å². The molecule has 3 rings (SSSR count). The van der Waals surface area contributed by atoms with Crippen molar-refractivity contribution in [3.05, 3.63) is 57.8 Å². The van der Waals surface area contributed by atoms with Crippen LogP contribution in [0.15, 0.2) is 36.5 Å². The summed E-state index contributed by atoms with van der Waals surface area (Å²) < 4.78 is 0. The minimum Gasteiger partial charge on any atom is -0.385 e. The minimum atomic E-state index is 0.0243. The van der Waals surface area contributed by atoms with Crippen LogP contribution in [0.25, 0.3) is 0 Å². The monoisotopic (exact) mass is 391 g/mol. The Morgan fingerprint density at radius 1 is 1.08 bits per heavy atom. The first-order valence-corrected chi connectivity index (χ1v) is 9.82. The third-order valence-corrected chi connectivity index (χ3v) is 5.20. The lowest BCUT2D eigenvalue weighted by Crippen LogP contribution is -2.32. The Hall–Kier alpha value is -1.78. The lowest BCUT2D eigenvalue weighted by atomic mass is 10.1. The standard InChI is InChI=1S/C20H23Cl2N3O/c21-16-6-5-15(18(22)13-16)7-9-23-17-8-10-24-19(14-17)20(26)25-11-3-1-2-4-12-25/h5-6,8,10,13-14H,1-4,7,9,11-12H2,(H,23,24). The number of carbonyl (C=O) groups excluding carboxylic acids is 1. The maximum Gasteiger partial charge on any atom is 0.272 e. The van der Waals surface area contributed by atoms with E-state index in [4.69, 9.17) is 23.2 Å². The van der Waals surface area contributed by atoms with Gasteiger partial charge in [0.15, 0.2) is 0 Å². The van der Waals surface area contributed by atoms with Crippen molar-refractivity contribution >= 4 is 34.8 Å². The van der Waals surface area contributed by atoms with E-state index in [9.17, 15) is 4.79 Å². The highest BCUT2D eigenvalue weighted by Gasteiger charge is 2.18. The number of benzene rings is 1. The number of amides is 1. The van der Waals surface area contributed by atoms with Gasteiger partial charge in [-0.15, -0.1) is 0 Å². The lowest BCUT2D eigenvalue weighted by molar-refractivity contribution is 0.0756. The number of nitrogens with zero attached hydrogens (tertiary/aromatic N) is 2. The van der Waals surface area contributed by atoms with Crippen molar-refractivity contribution in [2.75, 3.05) is 25.0 Å². The molecule has 4 nitrogen and oxygen atoms in total. The minimum absolute atomic E-state index is 0.0243. The number of halogens is 2. The first-order valence-electron chi connectivity index (χ1n) is 9.06.